The Bertz CT molecular complexity index is 1120. The van der Waals surface area contributed by atoms with Gasteiger partial charge in [-0.3, -0.25) is 4.79 Å². The van der Waals surface area contributed by atoms with Gasteiger partial charge in [0.05, 0.1) is 12.0 Å². The number of alkyl halides is 3. The Morgan fingerprint density at radius 1 is 1.15 bits per heavy atom. The molecule has 3 aromatic heterocycles. The second-order valence-electron chi connectivity index (χ2n) is 5.62. The van der Waals surface area contributed by atoms with E-state index in [1.807, 2.05) is 0 Å². The highest BCUT2D eigenvalue weighted by molar-refractivity contribution is 7.09. The Morgan fingerprint density at radius 2 is 2.00 bits per heavy atom. The summed E-state index contributed by atoms with van der Waals surface area (Å²) < 4.78 is 40.2. The molecule has 0 aliphatic carbocycles. The number of fused-ring (bicyclic) bond motifs is 1. The zero-order chi connectivity index (χ0) is 19.0. The molecule has 0 unspecified atom stereocenters. The van der Waals surface area contributed by atoms with Crippen LogP contribution in [0.4, 0.5) is 13.2 Å². The van der Waals surface area contributed by atoms with E-state index >= 15 is 0 Å². The molecule has 136 valence electrons. The molecule has 0 bridgehead atoms. The van der Waals surface area contributed by atoms with Gasteiger partial charge in [0.25, 0.3) is 0 Å². The quantitative estimate of drug-likeness (QED) is 0.498. The van der Waals surface area contributed by atoms with Gasteiger partial charge in [0.2, 0.25) is 0 Å². The fraction of sp³-hybridized carbons (Fsp3) is 0.118. The molecule has 0 spiro atoms. The van der Waals surface area contributed by atoms with Gasteiger partial charge in [-0.25, -0.2) is 4.98 Å². The van der Waals surface area contributed by atoms with E-state index in [0.29, 0.717) is 10.7 Å². The summed E-state index contributed by atoms with van der Waals surface area (Å²) in [7, 11) is 0. The monoisotopic (exact) mass is 389 g/mol. The topological polar surface area (TPSA) is 73.0 Å². The maximum absolute atomic E-state index is 13.0. The molecule has 0 saturated carbocycles. The van der Waals surface area contributed by atoms with Crippen LogP contribution in [-0.4, -0.2) is 30.6 Å². The van der Waals surface area contributed by atoms with Gasteiger partial charge in [-0.15, -0.1) is 21.5 Å². The first-order valence-corrected chi connectivity index (χ1v) is 8.61. The van der Waals surface area contributed by atoms with E-state index < -0.39 is 11.7 Å². The van der Waals surface area contributed by atoms with Crippen LogP contribution in [0.15, 0.2) is 48.0 Å². The molecule has 0 radical (unpaired) electrons. The maximum Gasteiger partial charge on any atom is 0.416 e. The maximum atomic E-state index is 13.0. The lowest BCUT2D eigenvalue weighted by Gasteiger charge is -2.08. The second kappa shape index (κ2) is 6.54. The van der Waals surface area contributed by atoms with E-state index in [-0.39, 0.29) is 29.3 Å². The molecule has 6 nitrogen and oxygen atoms in total. The summed E-state index contributed by atoms with van der Waals surface area (Å²) in [5.74, 6) is -0.129. The number of nitrogens with zero attached hydrogens (tertiary/aromatic N) is 5. The van der Waals surface area contributed by atoms with Crippen LogP contribution in [0.3, 0.4) is 0 Å². The molecule has 0 N–H and O–H groups in total. The Balaban J connectivity index is 1.74. The lowest BCUT2D eigenvalue weighted by molar-refractivity contribution is -0.137. The molecule has 10 heteroatoms. The minimum atomic E-state index is -4.47. The van der Waals surface area contributed by atoms with Crippen LogP contribution in [0.1, 0.15) is 21.1 Å². The Labute approximate surface area is 154 Å². The minimum absolute atomic E-state index is 0.0944. The summed E-state index contributed by atoms with van der Waals surface area (Å²) in [6.45, 7) is 0. The van der Waals surface area contributed by atoms with Crippen molar-refractivity contribution in [2.75, 3.05) is 0 Å². The molecule has 4 aromatic rings. The van der Waals surface area contributed by atoms with Crippen molar-refractivity contribution in [3.63, 3.8) is 0 Å². The van der Waals surface area contributed by atoms with Crippen molar-refractivity contribution in [1.82, 2.24) is 24.8 Å². The molecule has 0 fully saturated rings. The highest BCUT2D eigenvalue weighted by atomic mass is 32.1. The number of hydrogen-bond donors (Lipinski definition) is 0. The summed E-state index contributed by atoms with van der Waals surface area (Å²) in [6, 6.07) is 7.78. The predicted octanol–water partition coefficient (Wildman–Crippen LogP) is 3.69. The summed E-state index contributed by atoms with van der Waals surface area (Å²) in [4.78, 5) is 16.5. The first kappa shape index (κ1) is 17.3. The van der Waals surface area contributed by atoms with Gasteiger partial charge in [-0.2, -0.15) is 22.8 Å². The zero-order valence-electron chi connectivity index (χ0n) is 13.5. The summed E-state index contributed by atoms with van der Waals surface area (Å²) >= 11 is 1.36. The summed E-state index contributed by atoms with van der Waals surface area (Å²) in [5.41, 5.74) is -0.110. The van der Waals surface area contributed by atoms with Crippen LogP contribution in [0.2, 0.25) is 0 Å². The van der Waals surface area contributed by atoms with E-state index in [1.165, 1.54) is 34.1 Å². The lowest BCUT2D eigenvalue weighted by atomic mass is 10.1. The normalized spacial score (nSPS) is 11.8. The van der Waals surface area contributed by atoms with Crippen molar-refractivity contribution in [2.24, 2.45) is 0 Å². The third-order valence-electron chi connectivity index (χ3n) is 3.79. The standard InChI is InChI=1S/C17H10F3N5OS/c18-17(19,20)11-3-1-2-10(8-11)16-23-22-14-5-4-12(24-25(14)16)13(26)9-15-21-6-7-27-15/h1-8H,9H2. The fourth-order valence-corrected chi connectivity index (χ4v) is 3.14. The van der Waals surface area contributed by atoms with E-state index in [1.54, 1.807) is 17.6 Å². The van der Waals surface area contributed by atoms with Gasteiger partial charge >= 0.3 is 6.18 Å². The first-order chi connectivity index (χ1) is 12.9. The van der Waals surface area contributed by atoms with Crippen molar-refractivity contribution < 1.29 is 18.0 Å². The molecule has 0 aliphatic rings. The van der Waals surface area contributed by atoms with Gasteiger partial charge < -0.3 is 0 Å². The number of hydrogen-bond acceptors (Lipinski definition) is 6. The number of Topliss-reactive ketones (excluding diaryl/α,β-unsaturated/α-hetero) is 1. The number of carbonyl (C=O) groups is 1. The van der Waals surface area contributed by atoms with Crippen molar-refractivity contribution in [2.45, 2.75) is 12.6 Å². The third-order valence-corrected chi connectivity index (χ3v) is 4.57. The Morgan fingerprint density at radius 3 is 2.74 bits per heavy atom. The Hall–Kier alpha value is -3.14. The molecular formula is C17H10F3N5OS. The molecule has 4 rings (SSSR count). The summed E-state index contributed by atoms with van der Waals surface area (Å²) in [6.07, 6.45) is -2.77. The van der Waals surface area contributed by atoms with Gasteiger partial charge in [0, 0.05) is 17.1 Å². The minimum Gasteiger partial charge on any atom is -0.292 e. The van der Waals surface area contributed by atoms with Crippen molar-refractivity contribution in [1.29, 1.82) is 0 Å². The number of carbonyl (C=O) groups excluding carboxylic acids is 1. The average molecular weight is 389 g/mol. The first-order valence-electron chi connectivity index (χ1n) is 7.73. The van der Waals surface area contributed by atoms with E-state index in [2.05, 4.69) is 20.3 Å². The van der Waals surface area contributed by atoms with Crippen LogP contribution >= 0.6 is 11.3 Å². The molecule has 1 aromatic carbocycles. The highest BCUT2D eigenvalue weighted by Crippen LogP contribution is 2.31. The SMILES string of the molecule is O=C(Cc1nccs1)c1ccc2nnc(-c3cccc(C(F)(F)F)c3)n2n1. The van der Waals surface area contributed by atoms with Gasteiger partial charge in [-0.05, 0) is 24.3 Å². The van der Waals surface area contributed by atoms with Crippen LogP contribution in [0.25, 0.3) is 17.0 Å². The van der Waals surface area contributed by atoms with Crippen LogP contribution in [0, 0.1) is 0 Å². The van der Waals surface area contributed by atoms with E-state index in [9.17, 15) is 18.0 Å². The van der Waals surface area contributed by atoms with Crippen LogP contribution in [-0.2, 0) is 12.6 Å². The summed E-state index contributed by atoms with van der Waals surface area (Å²) in [5, 5.41) is 14.5. The van der Waals surface area contributed by atoms with Crippen molar-refractivity contribution in [3.05, 3.63) is 64.2 Å². The lowest BCUT2D eigenvalue weighted by Crippen LogP contribution is -2.09. The largest absolute Gasteiger partial charge is 0.416 e. The number of rotatable bonds is 4. The third kappa shape index (κ3) is 3.43. The number of aromatic nitrogens is 5. The fourth-order valence-electron chi connectivity index (χ4n) is 2.52. The highest BCUT2D eigenvalue weighted by Gasteiger charge is 2.30. The van der Waals surface area contributed by atoms with Crippen LogP contribution < -0.4 is 0 Å². The molecule has 0 aliphatic heterocycles. The van der Waals surface area contributed by atoms with Crippen molar-refractivity contribution in [3.8, 4) is 11.4 Å². The number of ketones is 1. The second-order valence-corrected chi connectivity index (χ2v) is 6.60. The molecule has 0 amide bonds. The van der Waals surface area contributed by atoms with Gasteiger partial charge in [0.15, 0.2) is 17.3 Å². The van der Waals surface area contributed by atoms with Gasteiger partial charge in [0.1, 0.15) is 10.7 Å². The average Bonchev–Trinajstić information content (AvgIpc) is 3.30. The number of benzene rings is 1. The Kier molecular flexibility index (Phi) is 4.19. The predicted molar refractivity (Wildman–Crippen MR) is 91.4 cm³/mol. The number of thiazole rings is 1. The van der Waals surface area contributed by atoms with Crippen LogP contribution in [0.5, 0.6) is 0 Å². The van der Waals surface area contributed by atoms with E-state index in [0.717, 1.165) is 12.1 Å². The molecular weight excluding hydrogens is 379 g/mol. The molecule has 27 heavy (non-hydrogen) atoms. The molecule has 0 atom stereocenters. The zero-order valence-corrected chi connectivity index (χ0v) is 14.3. The van der Waals surface area contributed by atoms with E-state index in [4.69, 9.17) is 0 Å². The number of halogens is 3. The molecule has 0 saturated heterocycles. The smallest absolute Gasteiger partial charge is 0.292 e. The molecule has 3 heterocycles. The van der Waals surface area contributed by atoms with Gasteiger partial charge in [-0.1, -0.05) is 12.1 Å². The van der Waals surface area contributed by atoms with Crippen molar-refractivity contribution >= 4 is 22.8 Å².